The largest absolute Gasteiger partial charge is 0.494 e. The van der Waals surface area contributed by atoms with Gasteiger partial charge in [0.1, 0.15) is 11.3 Å². The van der Waals surface area contributed by atoms with Crippen molar-refractivity contribution in [1.82, 2.24) is 15.2 Å². The standard InChI is InChI=1S/C21H29N3O3/c1-14(2)18(24-8-10-27-11-9-24)13-22-21(25)17-12-16-6-5-7-19(26-4)20(16)23-15(17)3/h5-7,12,14,18H,8-11,13H2,1-4H3,(H,22,25)/t18-/m0/s1. The van der Waals surface area contributed by atoms with Gasteiger partial charge in [0.2, 0.25) is 0 Å². The molecule has 0 saturated carbocycles. The summed E-state index contributed by atoms with van der Waals surface area (Å²) in [6.45, 7) is 10.2. The van der Waals surface area contributed by atoms with Crippen LogP contribution in [0.4, 0.5) is 0 Å². The van der Waals surface area contributed by atoms with Crippen molar-refractivity contribution in [2.24, 2.45) is 5.92 Å². The minimum atomic E-state index is -0.0800. The number of fused-ring (bicyclic) bond motifs is 1. The summed E-state index contributed by atoms with van der Waals surface area (Å²) in [6.07, 6.45) is 0. The topological polar surface area (TPSA) is 63.7 Å². The third kappa shape index (κ3) is 4.39. The molecule has 3 rings (SSSR count). The number of amides is 1. The van der Waals surface area contributed by atoms with Crippen LogP contribution in [-0.2, 0) is 4.74 Å². The number of hydrogen-bond acceptors (Lipinski definition) is 5. The fraction of sp³-hybridized carbons (Fsp3) is 0.524. The Kier molecular flexibility index (Phi) is 6.29. The van der Waals surface area contributed by atoms with E-state index < -0.39 is 0 Å². The lowest BCUT2D eigenvalue weighted by Gasteiger charge is -2.36. The van der Waals surface area contributed by atoms with E-state index in [0.29, 0.717) is 29.8 Å². The first-order chi connectivity index (χ1) is 13.0. The van der Waals surface area contributed by atoms with Crippen LogP contribution >= 0.6 is 0 Å². The van der Waals surface area contributed by atoms with E-state index in [4.69, 9.17) is 9.47 Å². The van der Waals surface area contributed by atoms with Gasteiger partial charge in [-0.25, -0.2) is 4.98 Å². The lowest BCUT2D eigenvalue weighted by Crippen LogP contribution is -2.51. The minimum Gasteiger partial charge on any atom is -0.494 e. The number of pyridine rings is 1. The molecule has 1 aliphatic heterocycles. The molecule has 0 unspecified atom stereocenters. The summed E-state index contributed by atoms with van der Waals surface area (Å²) in [4.78, 5) is 19.9. The number of rotatable bonds is 6. The molecule has 1 aliphatic rings. The van der Waals surface area contributed by atoms with Crippen molar-refractivity contribution >= 4 is 16.8 Å². The van der Waals surface area contributed by atoms with E-state index in [2.05, 4.69) is 29.0 Å². The molecule has 1 amide bonds. The Bertz CT molecular complexity index is 801. The highest BCUT2D eigenvalue weighted by molar-refractivity contribution is 5.99. The van der Waals surface area contributed by atoms with E-state index in [1.807, 2.05) is 31.2 Å². The first-order valence-electron chi connectivity index (χ1n) is 9.55. The van der Waals surface area contributed by atoms with Crippen LogP contribution in [0.2, 0.25) is 0 Å². The molecule has 1 fully saturated rings. The van der Waals surface area contributed by atoms with Crippen LogP contribution in [0.3, 0.4) is 0 Å². The van der Waals surface area contributed by atoms with Crippen LogP contribution in [0.15, 0.2) is 24.3 Å². The van der Waals surface area contributed by atoms with Crippen molar-refractivity contribution < 1.29 is 14.3 Å². The number of ether oxygens (including phenoxy) is 2. The number of aryl methyl sites for hydroxylation is 1. The normalized spacial score (nSPS) is 16.5. The Morgan fingerprint density at radius 2 is 2.07 bits per heavy atom. The van der Waals surface area contributed by atoms with E-state index in [1.165, 1.54) is 0 Å². The van der Waals surface area contributed by atoms with Gasteiger partial charge in [-0.05, 0) is 25.0 Å². The molecule has 1 N–H and O–H groups in total. The van der Waals surface area contributed by atoms with E-state index in [0.717, 1.165) is 43.0 Å². The molecule has 0 bridgehead atoms. The highest BCUT2D eigenvalue weighted by atomic mass is 16.5. The molecular formula is C21H29N3O3. The van der Waals surface area contributed by atoms with Crippen LogP contribution in [0.5, 0.6) is 5.75 Å². The first-order valence-corrected chi connectivity index (χ1v) is 9.55. The van der Waals surface area contributed by atoms with Crippen LogP contribution in [0, 0.1) is 12.8 Å². The smallest absolute Gasteiger partial charge is 0.253 e. The molecule has 1 saturated heterocycles. The van der Waals surface area contributed by atoms with Gasteiger partial charge in [0, 0.05) is 31.1 Å². The molecule has 2 aromatic rings. The van der Waals surface area contributed by atoms with Crippen molar-refractivity contribution in [3.8, 4) is 5.75 Å². The Morgan fingerprint density at radius 3 is 2.74 bits per heavy atom. The quantitative estimate of drug-likeness (QED) is 0.846. The lowest BCUT2D eigenvalue weighted by molar-refractivity contribution is 0.00672. The summed E-state index contributed by atoms with van der Waals surface area (Å²) >= 11 is 0. The summed E-state index contributed by atoms with van der Waals surface area (Å²) < 4.78 is 10.8. The van der Waals surface area contributed by atoms with Gasteiger partial charge in [-0.3, -0.25) is 9.69 Å². The Balaban J connectivity index is 1.76. The number of carbonyl (C=O) groups excluding carboxylic acids is 1. The number of nitrogens with one attached hydrogen (secondary N) is 1. The number of hydrogen-bond donors (Lipinski definition) is 1. The molecule has 2 heterocycles. The maximum Gasteiger partial charge on any atom is 0.253 e. The fourth-order valence-corrected chi connectivity index (χ4v) is 3.65. The second-order valence-corrected chi connectivity index (χ2v) is 7.32. The van der Waals surface area contributed by atoms with Crippen molar-refractivity contribution in [2.75, 3.05) is 40.0 Å². The van der Waals surface area contributed by atoms with Gasteiger partial charge in [0.05, 0.1) is 31.6 Å². The summed E-state index contributed by atoms with van der Waals surface area (Å²) in [5.74, 6) is 1.09. The molecular weight excluding hydrogens is 342 g/mol. The molecule has 1 aromatic heterocycles. The van der Waals surface area contributed by atoms with Gasteiger partial charge < -0.3 is 14.8 Å². The van der Waals surface area contributed by atoms with Gasteiger partial charge in [-0.1, -0.05) is 26.0 Å². The Labute approximate surface area is 160 Å². The predicted octanol–water partition coefficient (Wildman–Crippen LogP) is 2.64. The molecule has 146 valence electrons. The average molecular weight is 371 g/mol. The molecule has 6 nitrogen and oxygen atoms in total. The van der Waals surface area contributed by atoms with Crippen LogP contribution in [-0.4, -0.2) is 61.8 Å². The summed E-state index contributed by atoms with van der Waals surface area (Å²) in [7, 11) is 1.63. The zero-order chi connectivity index (χ0) is 19.4. The van der Waals surface area contributed by atoms with Crippen LogP contribution in [0.1, 0.15) is 29.9 Å². The highest BCUT2D eigenvalue weighted by Gasteiger charge is 2.24. The van der Waals surface area contributed by atoms with E-state index >= 15 is 0 Å². The summed E-state index contributed by atoms with van der Waals surface area (Å²) in [5.41, 5.74) is 2.10. The third-order valence-corrected chi connectivity index (χ3v) is 5.22. The zero-order valence-electron chi connectivity index (χ0n) is 16.6. The maximum absolute atomic E-state index is 12.8. The molecule has 1 aromatic carbocycles. The van der Waals surface area contributed by atoms with Crippen molar-refractivity contribution in [2.45, 2.75) is 26.8 Å². The van der Waals surface area contributed by atoms with Crippen LogP contribution < -0.4 is 10.1 Å². The van der Waals surface area contributed by atoms with Gasteiger partial charge in [0.15, 0.2) is 0 Å². The van der Waals surface area contributed by atoms with Crippen molar-refractivity contribution in [3.05, 3.63) is 35.5 Å². The predicted molar refractivity (Wildman–Crippen MR) is 106 cm³/mol. The second kappa shape index (κ2) is 8.67. The summed E-state index contributed by atoms with van der Waals surface area (Å²) in [5, 5.41) is 4.02. The SMILES string of the molecule is COc1cccc2cc(C(=O)NC[C@@H](C(C)C)N3CCOCC3)c(C)nc12. The van der Waals surface area contributed by atoms with Gasteiger partial charge in [-0.15, -0.1) is 0 Å². The van der Waals surface area contributed by atoms with Crippen molar-refractivity contribution in [3.63, 3.8) is 0 Å². The monoisotopic (exact) mass is 371 g/mol. The average Bonchev–Trinajstić information content (AvgIpc) is 2.67. The van der Waals surface area contributed by atoms with Crippen LogP contribution in [0.25, 0.3) is 10.9 Å². The third-order valence-electron chi connectivity index (χ3n) is 5.22. The number of carbonyl (C=O) groups is 1. The van der Waals surface area contributed by atoms with E-state index in [9.17, 15) is 4.79 Å². The molecule has 27 heavy (non-hydrogen) atoms. The number of para-hydroxylation sites is 1. The number of benzene rings is 1. The second-order valence-electron chi connectivity index (χ2n) is 7.32. The highest BCUT2D eigenvalue weighted by Crippen LogP contribution is 2.25. The Hall–Kier alpha value is -2.18. The number of aromatic nitrogens is 1. The number of morpholine rings is 1. The molecule has 0 radical (unpaired) electrons. The van der Waals surface area contributed by atoms with Crippen molar-refractivity contribution in [1.29, 1.82) is 0 Å². The van der Waals surface area contributed by atoms with Gasteiger partial charge in [-0.2, -0.15) is 0 Å². The van der Waals surface area contributed by atoms with Gasteiger partial charge in [0.25, 0.3) is 5.91 Å². The van der Waals surface area contributed by atoms with Gasteiger partial charge >= 0.3 is 0 Å². The minimum absolute atomic E-state index is 0.0800. The first kappa shape index (κ1) is 19.6. The molecule has 1 atom stereocenters. The zero-order valence-corrected chi connectivity index (χ0v) is 16.6. The number of nitrogens with zero attached hydrogens (tertiary/aromatic N) is 2. The molecule has 6 heteroatoms. The Morgan fingerprint density at radius 1 is 1.33 bits per heavy atom. The fourth-order valence-electron chi connectivity index (χ4n) is 3.65. The lowest BCUT2D eigenvalue weighted by atomic mass is 10.0. The van der Waals surface area contributed by atoms with E-state index in [1.54, 1.807) is 7.11 Å². The summed E-state index contributed by atoms with van der Waals surface area (Å²) in [6, 6.07) is 7.93. The molecule has 0 spiro atoms. The maximum atomic E-state index is 12.8. The molecule has 0 aliphatic carbocycles. The van der Waals surface area contributed by atoms with E-state index in [-0.39, 0.29) is 5.91 Å². The number of methoxy groups -OCH3 is 1.